The molecule has 0 bridgehead atoms. The highest BCUT2D eigenvalue weighted by Crippen LogP contribution is 2.40. The predicted molar refractivity (Wildman–Crippen MR) is 138 cm³/mol. The summed E-state index contributed by atoms with van der Waals surface area (Å²) in [6.07, 6.45) is -15.3. The normalized spacial score (nSPS) is 41.0. The van der Waals surface area contributed by atoms with Gasteiger partial charge in [-0.3, -0.25) is 9.78 Å². The Balaban J connectivity index is 1.35. The van der Waals surface area contributed by atoms with Gasteiger partial charge in [-0.1, -0.05) is 6.58 Å². The molecule has 2 saturated heterocycles. The average molecular weight is 602 g/mol. The number of aromatic nitrogens is 4. The highest BCUT2D eigenvalue weighted by molar-refractivity contribution is 5.71. The number of fused-ring (bicyclic) bond motifs is 1. The van der Waals surface area contributed by atoms with Crippen LogP contribution in [-0.4, -0.2) is 153 Å². The van der Waals surface area contributed by atoms with Gasteiger partial charge in [0.1, 0.15) is 48.8 Å². The smallest absolute Gasteiger partial charge is 0.280 e. The zero-order chi connectivity index (χ0) is 30.5. The van der Waals surface area contributed by atoms with Crippen molar-refractivity contribution in [3.05, 3.63) is 28.8 Å². The van der Waals surface area contributed by atoms with Crippen molar-refractivity contribution in [2.45, 2.75) is 79.9 Å². The van der Waals surface area contributed by atoms with Crippen LogP contribution in [0.25, 0.3) is 11.2 Å². The van der Waals surface area contributed by atoms with Crippen molar-refractivity contribution < 1.29 is 60.2 Å². The molecule has 0 unspecified atom stereocenters. The topological polar surface area (TPSA) is 285 Å². The Kier molecular flexibility index (Phi) is 8.95. The molecule has 234 valence electrons. The number of hydrogen-bond donors (Lipinski definition) is 11. The highest BCUT2D eigenvalue weighted by Gasteiger charge is 2.50. The van der Waals surface area contributed by atoms with Gasteiger partial charge in [-0.25, -0.2) is 4.98 Å². The van der Waals surface area contributed by atoms with Crippen molar-refractivity contribution in [1.29, 1.82) is 0 Å². The lowest BCUT2D eigenvalue weighted by Crippen LogP contribution is -2.65. The van der Waals surface area contributed by atoms with Crippen LogP contribution < -0.4 is 10.9 Å². The number of H-pyrrole nitrogens is 1. The number of aliphatic hydroxyl groups excluding tert-OH is 9. The summed E-state index contributed by atoms with van der Waals surface area (Å²) < 4.78 is 18.0. The van der Waals surface area contributed by atoms with Crippen molar-refractivity contribution in [2.24, 2.45) is 5.92 Å². The second-order valence-corrected chi connectivity index (χ2v) is 10.6. The molecule has 2 aliphatic heterocycles. The quantitative estimate of drug-likeness (QED) is 0.126. The minimum atomic E-state index is -1.81. The summed E-state index contributed by atoms with van der Waals surface area (Å²) in [5.74, 6) is -0.758. The number of aliphatic hydroxyl groups is 9. The molecule has 0 radical (unpaired) electrons. The van der Waals surface area contributed by atoms with E-state index in [1.54, 1.807) is 0 Å². The zero-order valence-corrected chi connectivity index (χ0v) is 22.1. The Morgan fingerprint density at radius 2 is 1.69 bits per heavy atom. The maximum Gasteiger partial charge on any atom is 0.280 e. The van der Waals surface area contributed by atoms with Gasteiger partial charge in [0.05, 0.1) is 38.3 Å². The molecule has 13 atom stereocenters. The summed E-state index contributed by atoms with van der Waals surface area (Å²) in [4.78, 5) is 23.7. The average Bonchev–Trinajstić information content (AvgIpc) is 3.52. The van der Waals surface area contributed by atoms with Gasteiger partial charge >= 0.3 is 0 Å². The van der Waals surface area contributed by atoms with Gasteiger partial charge in [0, 0.05) is 5.92 Å². The second-order valence-electron chi connectivity index (χ2n) is 10.6. The molecule has 1 saturated carbocycles. The van der Waals surface area contributed by atoms with E-state index in [0.29, 0.717) is 5.57 Å². The van der Waals surface area contributed by atoms with E-state index in [1.165, 1.54) is 10.9 Å². The maximum absolute atomic E-state index is 12.8. The third-order valence-corrected chi connectivity index (χ3v) is 8.08. The minimum absolute atomic E-state index is 0.0262. The first-order valence-corrected chi connectivity index (χ1v) is 13.3. The SMILES string of the molecule is C=C1[C@H](CO)[C@@H](O)C[C@@H]1n1cnc2c(=O)[nH]c(N[C@@H]3O[C@H](CO)[C@@H](O[C@H]4O[C@H](CO)[C@@H](O)[C@H](O)[C@H]4O)[C@H](O)[C@H]3O)nc21. The molecule has 18 nitrogen and oxygen atoms in total. The summed E-state index contributed by atoms with van der Waals surface area (Å²) in [5.41, 5.74) is -0.0444. The van der Waals surface area contributed by atoms with Crippen LogP contribution in [0.5, 0.6) is 0 Å². The van der Waals surface area contributed by atoms with E-state index in [1.807, 2.05) is 0 Å². The summed E-state index contributed by atoms with van der Waals surface area (Å²) in [6.45, 7) is 2.18. The molecule has 18 heteroatoms. The monoisotopic (exact) mass is 601 g/mol. The van der Waals surface area contributed by atoms with Gasteiger partial charge in [0.15, 0.2) is 23.7 Å². The fourth-order valence-electron chi connectivity index (χ4n) is 5.64. The molecule has 2 aromatic heterocycles. The molecule has 0 aromatic carbocycles. The van der Waals surface area contributed by atoms with E-state index in [2.05, 4.69) is 26.8 Å². The molecule has 3 fully saturated rings. The van der Waals surface area contributed by atoms with Gasteiger partial charge in [-0.05, 0) is 12.0 Å². The molecule has 0 amide bonds. The number of anilines is 1. The van der Waals surface area contributed by atoms with E-state index in [-0.39, 0.29) is 30.1 Å². The molecule has 11 N–H and O–H groups in total. The largest absolute Gasteiger partial charge is 0.396 e. The molecular formula is C24H35N5O13. The van der Waals surface area contributed by atoms with Crippen LogP contribution in [0.4, 0.5) is 5.95 Å². The van der Waals surface area contributed by atoms with E-state index in [4.69, 9.17) is 14.2 Å². The predicted octanol–water partition coefficient (Wildman–Crippen LogP) is -5.37. The van der Waals surface area contributed by atoms with Gasteiger partial charge in [0.25, 0.3) is 5.56 Å². The second kappa shape index (κ2) is 12.2. The maximum atomic E-state index is 12.8. The van der Waals surface area contributed by atoms with Crippen molar-refractivity contribution >= 4 is 17.1 Å². The lowest BCUT2D eigenvalue weighted by molar-refractivity contribution is -0.340. The summed E-state index contributed by atoms with van der Waals surface area (Å²) >= 11 is 0. The molecule has 5 rings (SSSR count). The Morgan fingerprint density at radius 3 is 2.33 bits per heavy atom. The van der Waals surface area contributed by atoms with Crippen LogP contribution in [0.15, 0.2) is 23.3 Å². The molecule has 0 spiro atoms. The number of imidazole rings is 1. The summed E-state index contributed by atoms with van der Waals surface area (Å²) in [5, 5.41) is 93.9. The Morgan fingerprint density at radius 1 is 0.976 bits per heavy atom. The van der Waals surface area contributed by atoms with Crippen LogP contribution in [-0.2, 0) is 14.2 Å². The van der Waals surface area contributed by atoms with Crippen LogP contribution in [0.1, 0.15) is 12.5 Å². The molecular weight excluding hydrogens is 566 g/mol. The molecule has 3 aliphatic rings. The van der Waals surface area contributed by atoms with Gasteiger partial charge < -0.3 is 70.1 Å². The van der Waals surface area contributed by atoms with Crippen LogP contribution >= 0.6 is 0 Å². The van der Waals surface area contributed by atoms with Crippen molar-refractivity contribution in [1.82, 2.24) is 19.5 Å². The lowest BCUT2D eigenvalue weighted by Gasteiger charge is -2.46. The first-order valence-electron chi connectivity index (χ1n) is 13.3. The summed E-state index contributed by atoms with van der Waals surface area (Å²) in [7, 11) is 0. The number of nitrogens with one attached hydrogen (secondary N) is 2. The first-order chi connectivity index (χ1) is 20.0. The van der Waals surface area contributed by atoms with Crippen LogP contribution in [0.3, 0.4) is 0 Å². The third kappa shape index (κ3) is 5.34. The zero-order valence-electron chi connectivity index (χ0n) is 22.1. The Bertz CT molecular complexity index is 1320. The number of aromatic amines is 1. The summed E-state index contributed by atoms with van der Waals surface area (Å²) in [6, 6.07) is -0.512. The minimum Gasteiger partial charge on any atom is -0.396 e. The first kappa shape index (κ1) is 30.9. The number of hydrogen-bond acceptors (Lipinski definition) is 16. The molecule has 42 heavy (non-hydrogen) atoms. The fourth-order valence-corrected chi connectivity index (χ4v) is 5.64. The van der Waals surface area contributed by atoms with E-state index in [0.717, 1.165) is 0 Å². The third-order valence-electron chi connectivity index (χ3n) is 8.08. The van der Waals surface area contributed by atoms with Crippen LogP contribution in [0.2, 0.25) is 0 Å². The standard InChI is InChI=1S/C24H35N5O13/c1-7-8(3-30)10(33)2-9(7)29-6-25-13-20(29)26-24(27-21(13)39)28-22-17(37)16(36)19(12(5-32)40-22)42-23-18(38)15(35)14(34)11(4-31)41-23/h6,8-12,14-19,22-23,30-38H,1-5H2,(H2,26,27,28,39)/t8-,9-,10-,11+,12+,14+,15-,16+,17+,18+,19+,22+,23+/m0/s1. The molecule has 4 heterocycles. The molecule has 2 aromatic rings. The van der Waals surface area contributed by atoms with E-state index < -0.39 is 98.2 Å². The number of rotatable bonds is 8. The molecule has 1 aliphatic carbocycles. The Labute approximate surface area is 237 Å². The van der Waals surface area contributed by atoms with Gasteiger partial charge in [0.2, 0.25) is 5.95 Å². The van der Waals surface area contributed by atoms with Crippen molar-refractivity contribution in [3.8, 4) is 0 Å². The number of ether oxygens (including phenoxy) is 3. The van der Waals surface area contributed by atoms with Crippen LogP contribution in [0, 0.1) is 5.92 Å². The van der Waals surface area contributed by atoms with E-state index in [9.17, 15) is 50.8 Å². The van der Waals surface area contributed by atoms with Crippen molar-refractivity contribution in [2.75, 3.05) is 25.1 Å². The number of nitrogens with zero attached hydrogens (tertiary/aromatic N) is 3. The van der Waals surface area contributed by atoms with E-state index >= 15 is 0 Å². The Hall–Kier alpha value is -2.59. The highest BCUT2D eigenvalue weighted by atomic mass is 16.7. The lowest BCUT2D eigenvalue weighted by atomic mass is 9.96. The van der Waals surface area contributed by atoms with Crippen molar-refractivity contribution in [3.63, 3.8) is 0 Å². The van der Waals surface area contributed by atoms with Gasteiger partial charge in [-0.2, -0.15) is 4.98 Å². The fraction of sp³-hybridized carbons (Fsp3) is 0.708. The van der Waals surface area contributed by atoms with Gasteiger partial charge in [-0.15, -0.1) is 0 Å².